The van der Waals surface area contributed by atoms with Crippen molar-refractivity contribution in [3.05, 3.63) is 0 Å². The Morgan fingerprint density at radius 2 is 2.05 bits per heavy atom. The number of rotatable bonds is 5. The summed E-state index contributed by atoms with van der Waals surface area (Å²) in [6.45, 7) is 5.00. The SMILES string of the molecule is CC1CCC(C(=O)N(CC2CC2)CC2CCCN2)O1. The van der Waals surface area contributed by atoms with Crippen LogP contribution in [0.2, 0.25) is 0 Å². The predicted octanol–water partition coefficient (Wildman–Crippen LogP) is 1.54. The van der Waals surface area contributed by atoms with Crippen LogP contribution in [0.15, 0.2) is 0 Å². The first-order valence-corrected chi connectivity index (χ1v) is 7.90. The molecule has 1 amide bonds. The van der Waals surface area contributed by atoms with Crippen molar-refractivity contribution in [1.82, 2.24) is 10.2 Å². The quantitative estimate of drug-likeness (QED) is 0.821. The van der Waals surface area contributed by atoms with E-state index in [-0.39, 0.29) is 18.1 Å². The summed E-state index contributed by atoms with van der Waals surface area (Å²) in [5.74, 6) is 0.995. The Balaban J connectivity index is 1.58. The van der Waals surface area contributed by atoms with Crippen molar-refractivity contribution in [3.8, 4) is 0 Å². The van der Waals surface area contributed by atoms with Gasteiger partial charge in [0.05, 0.1) is 6.10 Å². The molecule has 0 aromatic rings. The first-order valence-electron chi connectivity index (χ1n) is 7.90. The second-order valence-corrected chi connectivity index (χ2v) is 6.49. The van der Waals surface area contributed by atoms with Gasteiger partial charge in [-0.25, -0.2) is 0 Å². The summed E-state index contributed by atoms with van der Waals surface area (Å²) in [7, 11) is 0. The summed E-state index contributed by atoms with van der Waals surface area (Å²) in [5, 5.41) is 3.50. The van der Waals surface area contributed by atoms with Gasteiger partial charge >= 0.3 is 0 Å². The highest BCUT2D eigenvalue weighted by Gasteiger charge is 2.35. The van der Waals surface area contributed by atoms with Crippen LogP contribution < -0.4 is 5.32 Å². The molecule has 3 atom stereocenters. The van der Waals surface area contributed by atoms with Crippen molar-refractivity contribution >= 4 is 5.91 Å². The molecule has 1 saturated carbocycles. The van der Waals surface area contributed by atoms with Gasteiger partial charge < -0.3 is 15.0 Å². The predicted molar refractivity (Wildman–Crippen MR) is 73.9 cm³/mol. The molecule has 108 valence electrons. The Morgan fingerprint density at radius 3 is 2.63 bits per heavy atom. The lowest BCUT2D eigenvalue weighted by molar-refractivity contribution is -0.143. The third kappa shape index (κ3) is 3.48. The van der Waals surface area contributed by atoms with Crippen LogP contribution in [0.5, 0.6) is 0 Å². The molecule has 3 unspecified atom stereocenters. The number of hydrogen-bond donors (Lipinski definition) is 1. The van der Waals surface area contributed by atoms with E-state index in [1.165, 1.54) is 25.7 Å². The maximum absolute atomic E-state index is 12.6. The molecule has 2 aliphatic heterocycles. The summed E-state index contributed by atoms with van der Waals surface area (Å²) in [5.41, 5.74) is 0. The van der Waals surface area contributed by atoms with Crippen molar-refractivity contribution in [2.24, 2.45) is 5.92 Å². The normalized spacial score (nSPS) is 34.7. The van der Waals surface area contributed by atoms with Gasteiger partial charge in [0.25, 0.3) is 5.91 Å². The van der Waals surface area contributed by atoms with Crippen LogP contribution in [-0.2, 0) is 9.53 Å². The van der Waals surface area contributed by atoms with Crippen LogP contribution in [0.25, 0.3) is 0 Å². The summed E-state index contributed by atoms with van der Waals surface area (Å²) in [4.78, 5) is 14.7. The minimum absolute atomic E-state index is 0.171. The maximum atomic E-state index is 12.6. The minimum Gasteiger partial charge on any atom is -0.365 e. The van der Waals surface area contributed by atoms with Crippen molar-refractivity contribution < 1.29 is 9.53 Å². The molecular weight excluding hydrogens is 240 g/mol. The van der Waals surface area contributed by atoms with E-state index in [0.29, 0.717) is 6.04 Å². The van der Waals surface area contributed by atoms with E-state index >= 15 is 0 Å². The van der Waals surface area contributed by atoms with Crippen LogP contribution in [0.4, 0.5) is 0 Å². The Hall–Kier alpha value is -0.610. The Bertz CT molecular complexity index is 324. The van der Waals surface area contributed by atoms with Crippen molar-refractivity contribution in [3.63, 3.8) is 0 Å². The molecule has 0 spiro atoms. The molecule has 0 aromatic heterocycles. The van der Waals surface area contributed by atoms with Crippen LogP contribution in [0.3, 0.4) is 0 Å². The molecule has 0 bridgehead atoms. The fourth-order valence-corrected chi connectivity index (χ4v) is 3.23. The summed E-state index contributed by atoms with van der Waals surface area (Å²) in [6, 6.07) is 0.501. The van der Waals surface area contributed by atoms with Crippen LogP contribution in [0, 0.1) is 5.92 Å². The molecule has 1 N–H and O–H groups in total. The second kappa shape index (κ2) is 5.80. The maximum Gasteiger partial charge on any atom is 0.251 e. The molecule has 3 fully saturated rings. The van der Waals surface area contributed by atoms with Crippen LogP contribution >= 0.6 is 0 Å². The lowest BCUT2D eigenvalue weighted by atomic mass is 10.1. The molecule has 2 saturated heterocycles. The largest absolute Gasteiger partial charge is 0.365 e. The van der Waals surface area contributed by atoms with Crippen LogP contribution in [-0.4, -0.2) is 48.7 Å². The van der Waals surface area contributed by atoms with Gasteiger partial charge in [0.1, 0.15) is 6.10 Å². The highest BCUT2D eigenvalue weighted by Crippen LogP contribution is 2.31. The van der Waals surface area contributed by atoms with Gasteiger partial charge in [-0.2, -0.15) is 0 Å². The van der Waals surface area contributed by atoms with Gasteiger partial charge in [0, 0.05) is 19.1 Å². The number of ether oxygens (including phenoxy) is 1. The van der Waals surface area contributed by atoms with E-state index in [2.05, 4.69) is 17.1 Å². The van der Waals surface area contributed by atoms with E-state index in [9.17, 15) is 4.79 Å². The topological polar surface area (TPSA) is 41.6 Å². The van der Waals surface area contributed by atoms with Crippen molar-refractivity contribution in [1.29, 1.82) is 0 Å². The van der Waals surface area contributed by atoms with E-state index < -0.39 is 0 Å². The fourth-order valence-electron chi connectivity index (χ4n) is 3.23. The zero-order valence-electron chi connectivity index (χ0n) is 11.9. The molecule has 1 aliphatic carbocycles. The number of hydrogen-bond acceptors (Lipinski definition) is 3. The average Bonchev–Trinajstić information content (AvgIpc) is 2.89. The molecule has 4 nitrogen and oxygen atoms in total. The second-order valence-electron chi connectivity index (χ2n) is 6.49. The molecular formula is C15H26N2O2. The summed E-state index contributed by atoms with van der Waals surface area (Å²) < 4.78 is 5.76. The molecule has 3 aliphatic rings. The lowest BCUT2D eigenvalue weighted by Gasteiger charge is -2.28. The summed E-state index contributed by atoms with van der Waals surface area (Å²) in [6.07, 6.45) is 7.04. The fraction of sp³-hybridized carbons (Fsp3) is 0.933. The van der Waals surface area contributed by atoms with E-state index in [1.807, 2.05) is 0 Å². The first kappa shape index (κ1) is 13.4. The van der Waals surface area contributed by atoms with E-state index in [1.54, 1.807) is 0 Å². The highest BCUT2D eigenvalue weighted by atomic mass is 16.5. The van der Waals surface area contributed by atoms with Gasteiger partial charge in [0.15, 0.2) is 0 Å². The molecule has 2 heterocycles. The number of carbonyl (C=O) groups excluding carboxylic acids is 1. The van der Waals surface area contributed by atoms with Gasteiger partial charge in [-0.15, -0.1) is 0 Å². The Kier molecular flexibility index (Phi) is 4.08. The third-order valence-electron chi connectivity index (χ3n) is 4.60. The number of carbonyl (C=O) groups is 1. The van der Waals surface area contributed by atoms with Gasteiger partial charge in [-0.05, 0) is 57.9 Å². The van der Waals surface area contributed by atoms with E-state index in [0.717, 1.165) is 38.4 Å². The molecule has 0 radical (unpaired) electrons. The van der Waals surface area contributed by atoms with Gasteiger partial charge in [0.2, 0.25) is 0 Å². The van der Waals surface area contributed by atoms with Crippen molar-refractivity contribution in [2.45, 2.75) is 63.7 Å². The zero-order chi connectivity index (χ0) is 13.2. The number of nitrogens with one attached hydrogen (secondary N) is 1. The molecule has 4 heteroatoms. The lowest BCUT2D eigenvalue weighted by Crippen LogP contribution is -2.46. The van der Waals surface area contributed by atoms with Gasteiger partial charge in [-0.1, -0.05) is 0 Å². The number of amides is 1. The third-order valence-corrected chi connectivity index (χ3v) is 4.60. The van der Waals surface area contributed by atoms with Crippen molar-refractivity contribution in [2.75, 3.05) is 19.6 Å². The number of nitrogens with zero attached hydrogens (tertiary/aromatic N) is 1. The zero-order valence-corrected chi connectivity index (χ0v) is 11.9. The molecule has 3 rings (SSSR count). The first-order chi connectivity index (χ1) is 9.22. The minimum atomic E-state index is -0.171. The monoisotopic (exact) mass is 266 g/mol. The molecule has 19 heavy (non-hydrogen) atoms. The molecule has 0 aromatic carbocycles. The standard InChI is InChI=1S/C15H26N2O2/c1-11-4-7-14(19-11)15(18)17(9-12-5-6-12)10-13-3-2-8-16-13/h11-14,16H,2-10H2,1H3. The Labute approximate surface area is 115 Å². The smallest absolute Gasteiger partial charge is 0.251 e. The van der Waals surface area contributed by atoms with E-state index in [4.69, 9.17) is 4.74 Å². The average molecular weight is 266 g/mol. The highest BCUT2D eigenvalue weighted by molar-refractivity contribution is 5.81. The van der Waals surface area contributed by atoms with Gasteiger partial charge in [-0.3, -0.25) is 4.79 Å². The summed E-state index contributed by atoms with van der Waals surface area (Å²) >= 11 is 0. The van der Waals surface area contributed by atoms with Crippen LogP contribution in [0.1, 0.15) is 45.4 Å². The Morgan fingerprint density at radius 1 is 1.21 bits per heavy atom.